The van der Waals surface area contributed by atoms with Crippen LogP contribution in [0.5, 0.6) is 0 Å². The van der Waals surface area contributed by atoms with E-state index in [1.165, 1.54) is 13.0 Å². The zero-order chi connectivity index (χ0) is 13.0. The molecule has 0 spiro atoms. The fourth-order valence-corrected chi connectivity index (χ4v) is 3.34. The first-order valence-electron chi connectivity index (χ1n) is 6.73. The van der Waals surface area contributed by atoms with Crippen LogP contribution >= 0.6 is 11.3 Å². The minimum Gasteiger partial charge on any atom is -0.363 e. The Kier molecular flexibility index (Phi) is 4.91. The third-order valence-electron chi connectivity index (χ3n) is 3.62. The van der Waals surface area contributed by atoms with Crippen LogP contribution in [0.3, 0.4) is 0 Å². The second kappa shape index (κ2) is 6.45. The van der Waals surface area contributed by atoms with Crippen LogP contribution < -0.4 is 5.32 Å². The lowest BCUT2D eigenvalue weighted by Crippen LogP contribution is -2.37. The summed E-state index contributed by atoms with van der Waals surface area (Å²) < 4.78 is 0. The molecule has 18 heavy (non-hydrogen) atoms. The molecule has 0 bridgehead atoms. The SMILES string of the molecule is CCN(CC)C1CCN(Cc2nnc(NC)s2)C1. The lowest BCUT2D eigenvalue weighted by molar-refractivity contribution is 0.209. The minimum absolute atomic E-state index is 0.719. The molecule has 2 rings (SSSR count). The standard InChI is InChI=1S/C12H23N5S/c1-4-17(5-2)10-6-7-16(8-10)9-11-14-15-12(13-3)18-11/h10H,4-9H2,1-3H3,(H,13,15). The molecule has 1 fully saturated rings. The Morgan fingerprint density at radius 3 is 2.78 bits per heavy atom. The molecule has 0 saturated carbocycles. The molecule has 2 heterocycles. The van der Waals surface area contributed by atoms with Gasteiger partial charge in [0.25, 0.3) is 0 Å². The highest BCUT2D eigenvalue weighted by molar-refractivity contribution is 7.15. The second-order valence-corrected chi connectivity index (χ2v) is 5.71. The quantitative estimate of drug-likeness (QED) is 0.848. The molecule has 1 aliphatic heterocycles. The zero-order valence-electron chi connectivity index (χ0n) is 11.5. The minimum atomic E-state index is 0.719. The summed E-state index contributed by atoms with van der Waals surface area (Å²) in [6.45, 7) is 10.1. The van der Waals surface area contributed by atoms with Crippen molar-refractivity contribution in [3.8, 4) is 0 Å². The van der Waals surface area contributed by atoms with Crippen molar-refractivity contribution in [1.29, 1.82) is 0 Å². The highest BCUT2D eigenvalue weighted by atomic mass is 32.1. The molecule has 102 valence electrons. The molecule has 5 nitrogen and oxygen atoms in total. The molecule has 0 aromatic carbocycles. The zero-order valence-corrected chi connectivity index (χ0v) is 12.3. The van der Waals surface area contributed by atoms with E-state index in [0.29, 0.717) is 0 Å². The van der Waals surface area contributed by atoms with Gasteiger partial charge >= 0.3 is 0 Å². The van der Waals surface area contributed by atoms with Crippen LogP contribution in [0.15, 0.2) is 0 Å². The molecule has 1 N–H and O–H groups in total. The average molecular weight is 269 g/mol. The van der Waals surface area contributed by atoms with Gasteiger partial charge in [-0.15, -0.1) is 10.2 Å². The monoisotopic (exact) mass is 269 g/mol. The first kappa shape index (κ1) is 13.7. The van der Waals surface area contributed by atoms with Crippen molar-refractivity contribution in [2.24, 2.45) is 0 Å². The van der Waals surface area contributed by atoms with Crippen molar-refractivity contribution in [1.82, 2.24) is 20.0 Å². The smallest absolute Gasteiger partial charge is 0.205 e. The number of anilines is 1. The van der Waals surface area contributed by atoms with E-state index in [1.807, 2.05) is 7.05 Å². The number of likely N-dealkylation sites (tertiary alicyclic amines) is 1. The van der Waals surface area contributed by atoms with Gasteiger partial charge in [0.05, 0.1) is 6.54 Å². The fraction of sp³-hybridized carbons (Fsp3) is 0.833. The van der Waals surface area contributed by atoms with Gasteiger partial charge in [-0.05, 0) is 19.5 Å². The molecule has 0 amide bonds. The van der Waals surface area contributed by atoms with Crippen molar-refractivity contribution in [3.05, 3.63) is 5.01 Å². The first-order chi connectivity index (χ1) is 8.76. The lowest BCUT2D eigenvalue weighted by atomic mass is 10.2. The highest BCUT2D eigenvalue weighted by Gasteiger charge is 2.26. The molecular formula is C12H23N5S. The number of nitrogens with one attached hydrogen (secondary N) is 1. The molecular weight excluding hydrogens is 246 g/mol. The fourth-order valence-electron chi connectivity index (χ4n) is 2.60. The van der Waals surface area contributed by atoms with Crippen LogP contribution in [-0.2, 0) is 6.54 Å². The molecule has 1 atom stereocenters. The summed E-state index contributed by atoms with van der Waals surface area (Å²) in [5.74, 6) is 0. The third kappa shape index (κ3) is 3.18. The maximum atomic E-state index is 4.21. The number of likely N-dealkylation sites (N-methyl/N-ethyl adjacent to an activating group) is 1. The van der Waals surface area contributed by atoms with Crippen LogP contribution in [0.25, 0.3) is 0 Å². The number of hydrogen-bond acceptors (Lipinski definition) is 6. The molecule has 1 unspecified atom stereocenters. The van der Waals surface area contributed by atoms with Crippen LogP contribution in [0.2, 0.25) is 0 Å². The molecule has 0 radical (unpaired) electrons. The van der Waals surface area contributed by atoms with Crippen molar-refractivity contribution in [2.45, 2.75) is 32.9 Å². The van der Waals surface area contributed by atoms with Crippen LogP contribution in [0, 0.1) is 0 Å². The van der Waals surface area contributed by atoms with Gasteiger partial charge in [-0.3, -0.25) is 9.80 Å². The Balaban J connectivity index is 1.85. The van der Waals surface area contributed by atoms with E-state index in [2.05, 4.69) is 39.2 Å². The average Bonchev–Trinajstić information content (AvgIpc) is 3.01. The summed E-state index contributed by atoms with van der Waals surface area (Å²) >= 11 is 1.65. The third-order valence-corrected chi connectivity index (χ3v) is 4.54. The van der Waals surface area contributed by atoms with E-state index in [-0.39, 0.29) is 0 Å². The molecule has 1 aromatic heterocycles. The van der Waals surface area contributed by atoms with Gasteiger partial charge in [-0.25, -0.2) is 0 Å². The molecule has 0 aliphatic carbocycles. The highest BCUT2D eigenvalue weighted by Crippen LogP contribution is 2.21. The predicted octanol–water partition coefficient (Wildman–Crippen LogP) is 1.50. The summed E-state index contributed by atoms with van der Waals surface area (Å²) in [5.41, 5.74) is 0. The summed E-state index contributed by atoms with van der Waals surface area (Å²) in [7, 11) is 1.89. The molecule has 1 saturated heterocycles. The maximum absolute atomic E-state index is 4.21. The Bertz CT molecular complexity index is 363. The van der Waals surface area contributed by atoms with Crippen molar-refractivity contribution >= 4 is 16.5 Å². The number of rotatable bonds is 6. The van der Waals surface area contributed by atoms with E-state index in [1.54, 1.807) is 11.3 Å². The number of hydrogen-bond donors (Lipinski definition) is 1. The van der Waals surface area contributed by atoms with Gasteiger partial charge in [0, 0.05) is 26.2 Å². The Morgan fingerprint density at radius 2 is 2.17 bits per heavy atom. The van der Waals surface area contributed by atoms with Crippen molar-refractivity contribution in [2.75, 3.05) is 38.5 Å². The van der Waals surface area contributed by atoms with Gasteiger partial charge in [-0.1, -0.05) is 25.2 Å². The van der Waals surface area contributed by atoms with Crippen LogP contribution in [0.4, 0.5) is 5.13 Å². The molecule has 1 aromatic rings. The van der Waals surface area contributed by atoms with E-state index in [0.717, 1.165) is 42.4 Å². The lowest BCUT2D eigenvalue weighted by Gasteiger charge is -2.26. The summed E-state index contributed by atoms with van der Waals surface area (Å²) in [6.07, 6.45) is 1.28. The van der Waals surface area contributed by atoms with E-state index in [4.69, 9.17) is 0 Å². The van der Waals surface area contributed by atoms with E-state index in [9.17, 15) is 0 Å². The predicted molar refractivity (Wildman–Crippen MR) is 76.1 cm³/mol. The largest absolute Gasteiger partial charge is 0.363 e. The van der Waals surface area contributed by atoms with Gasteiger partial charge in [0.2, 0.25) is 5.13 Å². The van der Waals surface area contributed by atoms with Crippen molar-refractivity contribution in [3.63, 3.8) is 0 Å². The van der Waals surface area contributed by atoms with E-state index < -0.39 is 0 Å². The van der Waals surface area contributed by atoms with Gasteiger partial charge < -0.3 is 5.32 Å². The van der Waals surface area contributed by atoms with Crippen molar-refractivity contribution < 1.29 is 0 Å². The summed E-state index contributed by atoms with van der Waals surface area (Å²) in [5, 5.41) is 13.3. The second-order valence-electron chi connectivity index (χ2n) is 4.65. The topological polar surface area (TPSA) is 44.3 Å². The van der Waals surface area contributed by atoms with Gasteiger partial charge in [-0.2, -0.15) is 0 Å². The number of aromatic nitrogens is 2. The Hall–Kier alpha value is -0.720. The van der Waals surface area contributed by atoms with Crippen LogP contribution in [-0.4, -0.2) is 59.3 Å². The normalized spacial score (nSPS) is 20.8. The van der Waals surface area contributed by atoms with Gasteiger partial charge in [0.1, 0.15) is 5.01 Å². The maximum Gasteiger partial charge on any atom is 0.205 e. The molecule has 6 heteroatoms. The first-order valence-corrected chi connectivity index (χ1v) is 7.55. The summed E-state index contributed by atoms with van der Waals surface area (Å²) in [6, 6.07) is 0.719. The number of nitrogens with zero attached hydrogens (tertiary/aromatic N) is 4. The van der Waals surface area contributed by atoms with Crippen LogP contribution in [0.1, 0.15) is 25.3 Å². The van der Waals surface area contributed by atoms with E-state index >= 15 is 0 Å². The molecule has 1 aliphatic rings. The Labute approximate surface area is 113 Å². The van der Waals surface area contributed by atoms with Gasteiger partial charge in [0.15, 0.2) is 0 Å². The summed E-state index contributed by atoms with van der Waals surface area (Å²) in [4.78, 5) is 5.04. The Morgan fingerprint density at radius 1 is 1.39 bits per heavy atom.